The molecule has 4 aliphatic rings. The number of unbranched alkanes of at least 4 members (excludes halogenated alkanes) is 1. The number of Topliss-reactive ketones (excluding diaryl/α,β-unsaturated/α-hetero) is 2. The number of nitrogen functional groups attached to an aromatic ring is 1. The molecule has 2 aromatic carbocycles. The maximum atomic E-state index is 13.8. The first-order valence-corrected chi connectivity index (χ1v) is 16.1. The molecular formula is C31H35N3O12S. The third-order valence-corrected chi connectivity index (χ3v) is 11.1. The molecule has 0 radical (unpaired) electrons. The van der Waals surface area contributed by atoms with Crippen molar-refractivity contribution in [3.63, 3.8) is 0 Å². The number of likely N-dealkylation sites (N-methyl/N-ethyl adjacent to an activating group) is 1. The number of nitrogens with two attached hydrogens (primary N) is 2. The zero-order valence-electron chi connectivity index (χ0n) is 25.5. The Morgan fingerprint density at radius 3 is 2.53 bits per heavy atom. The second-order valence-corrected chi connectivity index (χ2v) is 13.8. The third-order valence-electron chi connectivity index (χ3n) is 9.69. The summed E-state index contributed by atoms with van der Waals surface area (Å²) >= 11 is 1.61. The first-order valence-electron chi connectivity index (χ1n) is 15.1. The number of hydrogen-bond donors (Lipinski definition) is 6. The van der Waals surface area contributed by atoms with Gasteiger partial charge < -0.3 is 46.1 Å². The Morgan fingerprint density at radius 1 is 1.13 bits per heavy atom. The van der Waals surface area contributed by atoms with Crippen molar-refractivity contribution in [2.24, 2.45) is 17.6 Å². The molecule has 0 spiro atoms. The Morgan fingerprint density at radius 2 is 1.85 bits per heavy atom. The largest absolute Gasteiger partial charge is 0.509 e. The minimum atomic E-state index is -2.97. The van der Waals surface area contributed by atoms with Gasteiger partial charge in [-0.2, -0.15) is 11.8 Å². The number of ether oxygens (including phenoxy) is 3. The van der Waals surface area contributed by atoms with Crippen molar-refractivity contribution in [1.29, 1.82) is 0 Å². The molecule has 5 unspecified atom stereocenters. The van der Waals surface area contributed by atoms with Crippen molar-refractivity contribution >= 4 is 57.8 Å². The van der Waals surface area contributed by atoms with E-state index in [2.05, 4.69) is 0 Å². The lowest BCUT2D eigenvalue weighted by Gasteiger charge is -2.54. The Hall–Kier alpha value is -4.12. The molecule has 2 heterocycles. The van der Waals surface area contributed by atoms with Crippen LogP contribution in [0.3, 0.4) is 0 Å². The average molecular weight is 674 g/mol. The molecule has 47 heavy (non-hydrogen) atoms. The fourth-order valence-corrected chi connectivity index (χ4v) is 9.03. The van der Waals surface area contributed by atoms with E-state index in [4.69, 9.17) is 25.7 Å². The van der Waals surface area contributed by atoms with E-state index in [1.54, 1.807) is 11.8 Å². The number of anilines is 1. The summed E-state index contributed by atoms with van der Waals surface area (Å²) in [4.78, 5) is 66.1. The van der Waals surface area contributed by atoms with Crippen LogP contribution in [0.4, 0.5) is 10.5 Å². The monoisotopic (exact) mass is 673 g/mol. The van der Waals surface area contributed by atoms with E-state index < -0.39 is 82.3 Å². The van der Waals surface area contributed by atoms with Crippen molar-refractivity contribution in [1.82, 2.24) is 4.90 Å². The van der Waals surface area contributed by atoms with Gasteiger partial charge in [0.2, 0.25) is 5.91 Å². The Kier molecular flexibility index (Phi) is 8.27. The van der Waals surface area contributed by atoms with Gasteiger partial charge in [-0.1, -0.05) is 18.6 Å². The summed E-state index contributed by atoms with van der Waals surface area (Å²) in [5, 5.41) is 45.8. The molecule has 1 amide bonds. The first-order chi connectivity index (χ1) is 22.2. The molecular weight excluding hydrogens is 638 g/mol. The second kappa shape index (κ2) is 11.8. The first kappa shape index (κ1) is 32.8. The van der Waals surface area contributed by atoms with Crippen LogP contribution in [-0.2, 0) is 33.4 Å². The number of carbonyl (C=O) groups excluding carboxylic acids is 5. The summed E-state index contributed by atoms with van der Waals surface area (Å²) in [7, 11) is 2.88. The highest BCUT2D eigenvalue weighted by Gasteiger charge is 2.69. The van der Waals surface area contributed by atoms with Crippen LogP contribution in [0.5, 0.6) is 11.5 Å². The van der Waals surface area contributed by atoms with Gasteiger partial charge in [0.15, 0.2) is 35.3 Å². The van der Waals surface area contributed by atoms with Crippen LogP contribution in [0.25, 0.3) is 10.8 Å². The number of aliphatic hydroxyl groups excluding tert-OH is 1. The molecule has 2 aliphatic carbocycles. The number of ketones is 2. The van der Waals surface area contributed by atoms with Crippen LogP contribution in [0.1, 0.15) is 49.0 Å². The van der Waals surface area contributed by atoms with Gasteiger partial charge in [-0.05, 0) is 33.0 Å². The normalized spacial score (nSPS) is 32.8. The lowest BCUT2D eigenvalue weighted by molar-refractivity contribution is -0.209. The standard InChI is InChI=1S/C31H35N3O12S/c1-34(2)22-20-26(45-15(36)9-4-3-8-14-25-13(10-47-14)44-30(42)46-25)17-18(23(37)16-11(21(17)32)6-5-7-12(16)35)27(39)31(20,43)28(40)19(24(22)38)29(33)41/h5-7,13-14,19-20,22,25-27,35,37,39,43H,3-4,8-10,32H2,1-2H3,(H2,33,41)/t13?,14?,19?,20-,22+,25?,26+,27?,31+/m1/s1. The van der Waals surface area contributed by atoms with Crippen LogP contribution < -0.4 is 11.5 Å². The number of nitrogens with zero attached hydrogens (tertiary/aromatic N) is 1. The number of phenolic OH excluding ortho intramolecular Hbond substituents is 2. The second-order valence-electron chi connectivity index (χ2n) is 12.6. The number of aliphatic hydroxyl groups is 2. The molecule has 9 atom stereocenters. The molecule has 8 N–H and O–H groups in total. The Bertz CT molecular complexity index is 1700. The number of aromatic hydroxyl groups is 2. The van der Waals surface area contributed by atoms with Crippen LogP contribution in [0, 0.1) is 11.8 Å². The highest BCUT2D eigenvalue weighted by molar-refractivity contribution is 8.00. The van der Waals surface area contributed by atoms with Gasteiger partial charge in [0.1, 0.15) is 23.7 Å². The van der Waals surface area contributed by atoms with Gasteiger partial charge in [-0.3, -0.25) is 24.1 Å². The summed E-state index contributed by atoms with van der Waals surface area (Å²) in [5.74, 6) is -8.94. The molecule has 0 aromatic heterocycles. The Labute approximate surface area is 272 Å². The predicted octanol–water partition coefficient (Wildman–Crippen LogP) is 0.575. The molecule has 3 fully saturated rings. The number of thioether (sulfide) groups is 1. The number of carbonyl (C=O) groups is 5. The molecule has 2 saturated heterocycles. The van der Waals surface area contributed by atoms with Gasteiger partial charge in [-0.15, -0.1) is 0 Å². The molecule has 2 aromatic rings. The van der Waals surface area contributed by atoms with Crippen LogP contribution in [0.15, 0.2) is 18.2 Å². The van der Waals surface area contributed by atoms with E-state index in [1.807, 2.05) is 0 Å². The molecule has 252 valence electrons. The zero-order valence-corrected chi connectivity index (χ0v) is 26.3. The minimum absolute atomic E-state index is 0.00466. The number of phenols is 2. The fraction of sp³-hybridized carbons (Fsp3) is 0.516. The molecule has 15 nitrogen and oxygen atoms in total. The predicted molar refractivity (Wildman–Crippen MR) is 164 cm³/mol. The number of amides is 1. The van der Waals surface area contributed by atoms with Gasteiger partial charge in [0, 0.05) is 39.6 Å². The lowest BCUT2D eigenvalue weighted by atomic mass is 9.56. The van der Waals surface area contributed by atoms with E-state index >= 15 is 0 Å². The van der Waals surface area contributed by atoms with E-state index in [0.29, 0.717) is 25.0 Å². The quantitative estimate of drug-likeness (QED) is 0.0737. The summed E-state index contributed by atoms with van der Waals surface area (Å²) in [6.45, 7) is 0. The number of hydrogen-bond acceptors (Lipinski definition) is 15. The van der Waals surface area contributed by atoms with Crippen molar-refractivity contribution in [2.45, 2.75) is 67.0 Å². The van der Waals surface area contributed by atoms with Crippen molar-refractivity contribution in [3.05, 3.63) is 29.3 Å². The third kappa shape index (κ3) is 4.96. The fourth-order valence-electron chi connectivity index (χ4n) is 7.58. The number of benzene rings is 2. The Balaban J connectivity index is 1.38. The maximum absolute atomic E-state index is 13.8. The van der Waals surface area contributed by atoms with Crippen molar-refractivity contribution in [2.75, 3.05) is 25.6 Å². The number of primary amides is 1. The number of fused-ring (bicyclic) bond motifs is 4. The summed E-state index contributed by atoms with van der Waals surface area (Å²) in [6.07, 6.45) is -3.96. The van der Waals surface area contributed by atoms with Gasteiger partial charge in [0.05, 0.1) is 17.3 Å². The van der Waals surface area contributed by atoms with Crippen LogP contribution >= 0.6 is 11.8 Å². The molecule has 1 saturated carbocycles. The van der Waals surface area contributed by atoms with E-state index in [0.717, 1.165) is 0 Å². The minimum Gasteiger partial charge on any atom is -0.507 e. The average Bonchev–Trinajstić information content (AvgIpc) is 3.55. The molecule has 2 aliphatic heterocycles. The van der Waals surface area contributed by atoms with Crippen molar-refractivity contribution < 1.29 is 58.6 Å². The highest BCUT2D eigenvalue weighted by Crippen LogP contribution is 2.59. The van der Waals surface area contributed by atoms with Gasteiger partial charge >= 0.3 is 12.1 Å². The van der Waals surface area contributed by atoms with Gasteiger partial charge in [-0.25, -0.2) is 4.79 Å². The smallest absolute Gasteiger partial charge is 0.507 e. The van der Waals surface area contributed by atoms with Crippen molar-refractivity contribution in [3.8, 4) is 11.5 Å². The van der Waals surface area contributed by atoms with E-state index in [9.17, 15) is 44.4 Å². The van der Waals surface area contributed by atoms with E-state index in [-0.39, 0.29) is 45.9 Å². The zero-order chi connectivity index (χ0) is 34.1. The molecule has 16 heteroatoms. The topological polar surface area (TPSA) is 249 Å². The summed E-state index contributed by atoms with van der Waals surface area (Å²) in [5.41, 5.74) is 8.23. The van der Waals surface area contributed by atoms with Gasteiger partial charge in [0.25, 0.3) is 0 Å². The number of rotatable bonds is 8. The molecule has 6 rings (SSSR count). The molecule has 0 bridgehead atoms. The maximum Gasteiger partial charge on any atom is 0.509 e. The lowest BCUT2D eigenvalue weighted by Crippen LogP contribution is -2.71. The van der Waals surface area contributed by atoms with E-state index in [1.165, 1.54) is 37.2 Å². The van der Waals surface area contributed by atoms with Crippen LogP contribution in [-0.4, -0.2) is 104 Å². The number of esters is 1. The van der Waals surface area contributed by atoms with Crippen LogP contribution in [0.2, 0.25) is 0 Å². The summed E-state index contributed by atoms with van der Waals surface area (Å²) < 4.78 is 16.3. The summed E-state index contributed by atoms with van der Waals surface area (Å²) in [6, 6.07) is 2.69. The highest BCUT2D eigenvalue weighted by atomic mass is 32.2. The SMILES string of the molecule is CN(C)[C@@H]1C(=O)C(C(N)=O)C(=O)[C@@]2(O)C(O)c3c(c(N)c4cccc(O)c4c3O)[C@H](OC(=O)CCCCC3SCC4OC(=O)OC43)[C@@H]12.